The van der Waals surface area contributed by atoms with E-state index in [1.807, 2.05) is 47.0 Å². The van der Waals surface area contributed by atoms with Gasteiger partial charge in [0.1, 0.15) is 18.2 Å². The Morgan fingerprint density at radius 2 is 2.00 bits per heavy atom. The number of aromatic nitrogens is 2. The third kappa shape index (κ3) is 3.85. The number of carbonyl (C=O) groups excluding carboxylic acids is 1. The number of likely N-dealkylation sites (tertiary alicyclic amines) is 1. The zero-order valence-corrected chi connectivity index (χ0v) is 15.3. The molecule has 1 aliphatic heterocycles. The lowest BCUT2D eigenvalue weighted by atomic mass is 10.1. The number of ether oxygens (including phenoxy) is 1. The van der Waals surface area contributed by atoms with Gasteiger partial charge < -0.3 is 19.1 Å². The van der Waals surface area contributed by atoms with E-state index < -0.39 is 0 Å². The number of aryl methyl sites for hydroxylation is 1. The predicted molar refractivity (Wildman–Crippen MR) is 96.5 cm³/mol. The minimum atomic E-state index is 0.0897. The van der Waals surface area contributed by atoms with Crippen LogP contribution >= 0.6 is 0 Å². The van der Waals surface area contributed by atoms with Crippen LogP contribution < -0.4 is 4.74 Å². The molecule has 134 valence electrons. The van der Waals surface area contributed by atoms with E-state index in [0.29, 0.717) is 24.1 Å². The van der Waals surface area contributed by atoms with E-state index in [1.165, 1.54) is 0 Å². The van der Waals surface area contributed by atoms with Crippen LogP contribution in [0.15, 0.2) is 36.7 Å². The van der Waals surface area contributed by atoms with Crippen molar-refractivity contribution in [3.05, 3.63) is 48.0 Å². The van der Waals surface area contributed by atoms with Crippen LogP contribution in [0.25, 0.3) is 0 Å². The van der Waals surface area contributed by atoms with Gasteiger partial charge in [0.25, 0.3) is 5.91 Å². The Bertz CT molecular complexity index is 723. The summed E-state index contributed by atoms with van der Waals surface area (Å²) in [6.07, 6.45) is 3.64. The molecule has 1 fully saturated rings. The fourth-order valence-electron chi connectivity index (χ4n) is 3.35. The van der Waals surface area contributed by atoms with Crippen LogP contribution in [0.5, 0.6) is 5.75 Å². The summed E-state index contributed by atoms with van der Waals surface area (Å²) in [7, 11) is 6.08. The van der Waals surface area contributed by atoms with Crippen LogP contribution in [0, 0.1) is 5.92 Å². The summed E-state index contributed by atoms with van der Waals surface area (Å²) in [5.74, 6) is 2.17. The van der Waals surface area contributed by atoms with Gasteiger partial charge in [-0.2, -0.15) is 0 Å². The molecule has 1 aliphatic rings. The van der Waals surface area contributed by atoms with Crippen molar-refractivity contribution >= 4 is 5.91 Å². The number of amides is 1. The normalized spacial score (nSPS) is 20.3. The van der Waals surface area contributed by atoms with Gasteiger partial charge in [-0.15, -0.1) is 0 Å². The molecule has 0 spiro atoms. The Kier molecular flexibility index (Phi) is 5.08. The Labute approximate surface area is 149 Å². The summed E-state index contributed by atoms with van der Waals surface area (Å²) in [5.41, 5.74) is 0.705. The molecule has 3 rings (SSSR count). The Morgan fingerprint density at radius 3 is 2.56 bits per heavy atom. The molecule has 2 heterocycles. The minimum absolute atomic E-state index is 0.0897. The first-order valence-corrected chi connectivity index (χ1v) is 8.60. The molecule has 1 saturated heterocycles. The third-order valence-corrected chi connectivity index (χ3v) is 4.91. The maximum atomic E-state index is 12.7. The van der Waals surface area contributed by atoms with Crippen molar-refractivity contribution in [3.8, 4) is 5.75 Å². The minimum Gasteiger partial charge on any atom is -0.486 e. The van der Waals surface area contributed by atoms with Gasteiger partial charge in [0.2, 0.25) is 0 Å². The van der Waals surface area contributed by atoms with Gasteiger partial charge in [0.15, 0.2) is 0 Å². The number of carbonyl (C=O) groups is 1. The maximum absolute atomic E-state index is 12.7. The van der Waals surface area contributed by atoms with E-state index in [1.54, 1.807) is 6.20 Å². The van der Waals surface area contributed by atoms with Gasteiger partial charge in [-0.25, -0.2) is 4.98 Å². The zero-order valence-electron chi connectivity index (χ0n) is 15.3. The second-order valence-corrected chi connectivity index (χ2v) is 6.99. The van der Waals surface area contributed by atoms with Crippen molar-refractivity contribution in [2.24, 2.45) is 13.0 Å². The molecule has 0 saturated carbocycles. The van der Waals surface area contributed by atoms with Crippen LogP contribution in [0.1, 0.15) is 23.1 Å². The molecule has 2 atom stereocenters. The Hall–Kier alpha value is -2.34. The summed E-state index contributed by atoms with van der Waals surface area (Å²) in [5, 5.41) is 0. The molecular weight excluding hydrogens is 316 g/mol. The van der Waals surface area contributed by atoms with Gasteiger partial charge in [0.05, 0.1) is 0 Å². The van der Waals surface area contributed by atoms with Crippen molar-refractivity contribution in [3.63, 3.8) is 0 Å². The smallest absolute Gasteiger partial charge is 0.253 e. The van der Waals surface area contributed by atoms with E-state index in [4.69, 9.17) is 4.74 Å². The number of imidazole rings is 1. The molecule has 1 amide bonds. The highest BCUT2D eigenvalue weighted by Crippen LogP contribution is 2.23. The number of nitrogens with zero attached hydrogens (tertiary/aromatic N) is 4. The summed E-state index contributed by atoms with van der Waals surface area (Å²) in [6.45, 7) is 4.20. The first kappa shape index (κ1) is 17.5. The lowest BCUT2D eigenvalue weighted by Crippen LogP contribution is -2.35. The largest absolute Gasteiger partial charge is 0.486 e. The van der Waals surface area contributed by atoms with E-state index in [0.717, 1.165) is 24.7 Å². The summed E-state index contributed by atoms with van der Waals surface area (Å²) in [4.78, 5) is 21.1. The van der Waals surface area contributed by atoms with Crippen LogP contribution in [-0.4, -0.2) is 58.5 Å². The molecule has 1 aromatic heterocycles. The first-order chi connectivity index (χ1) is 12.0. The Balaban J connectivity index is 1.60. The lowest BCUT2D eigenvalue weighted by Gasteiger charge is -2.22. The van der Waals surface area contributed by atoms with Crippen molar-refractivity contribution in [2.45, 2.75) is 19.6 Å². The van der Waals surface area contributed by atoms with Crippen LogP contribution in [0.2, 0.25) is 0 Å². The molecule has 0 bridgehead atoms. The highest BCUT2D eigenvalue weighted by molar-refractivity contribution is 5.94. The van der Waals surface area contributed by atoms with Crippen molar-refractivity contribution < 1.29 is 9.53 Å². The van der Waals surface area contributed by atoms with Gasteiger partial charge in [-0.1, -0.05) is 6.92 Å². The fourth-order valence-corrected chi connectivity index (χ4v) is 3.35. The van der Waals surface area contributed by atoms with Crippen molar-refractivity contribution in [2.75, 3.05) is 27.2 Å². The molecule has 0 N–H and O–H groups in total. The summed E-state index contributed by atoms with van der Waals surface area (Å²) < 4.78 is 7.67. The average Bonchev–Trinajstić information content (AvgIpc) is 3.18. The molecule has 25 heavy (non-hydrogen) atoms. The van der Waals surface area contributed by atoms with Crippen LogP contribution in [-0.2, 0) is 13.7 Å². The highest BCUT2D eigenvalue weighted by Gasteiger charge is 2.33. The fraction of sp³-hybridized carbons (Fsp3) is 0.474. The molecule has 1 aromatic carbocycles. The highest BCUT2D eigenvalue weighted by atomic mass is 16.5. The second kappa shape index (κ2) is 7.27. The molecule has 2 aromatic rings. The summed E-state index contributed by atoms with van der Waals surface area (Å²) in [6, 6.07) is 7.79. The molecule has 6 nitrogen and oxygen atoms in total. The van der Waals surface area contributed by atoms with E-state index in [9.17, 15) is 4.79 Å². The molecule has 0 unspecified atom stereocenters. The van der Waals surface area contributed by atoms with Crippen LogP contribution in [0.4, 0.5) is 0 Å². The van der Waals surface area contributed by atoms with E-state index in [2.05, 4.69) is 30.9 Å². The second-order valence-electron chi connectivity index (χ2n) is 6.99. The summed E-state index contributed by atoms with van der Waals surface area (Å²) >= 11 is 0. The zero-order chi connectivity index (χ0) is 18.0. The SMILES string of the molecule is C[C@@H]1CN(C(=O)c2ccc(OCc3nccn3C)cc2)C[C@H]1N(C)C. The number of likely N-dealkylation sites (N-methyl/N-ethyl adjacent to an activating group) is 1. The van der Waals surface area contributed by atoms with Gasteiger partial charge in [0, 0.05) is 44.1 Å². The quantitative estimate of drug-likeness (QED) is 0.834. The number of hydrogen-bond donors (Lipinski definition) is 0. The topological polar surface area (TPSA) is 50.6 Å². The molecule has 6 heteroatoms. The maximum Gasteiger partial charge on any atom is 0.253 e. The van der Waals surface area contributed by atoms with Gasteiger partial charge >= 0.3 is 0 Å². The molecule has 0 radical (unpaired) electrons. The monoisotopic (exact) mass is 342 g/mol. The van der Waals surface area contributed by atoms with Crippen LogP contribution in [0.3, 0.4) is 0 Å². The number of benzene rings is 1. The van der Waals surface area contributed by atoms with Gasteiger partial charge in [-0.3, -0.25) is 4.79 Å². The number of rotatable bonds is 5. The standard InChI is InChI=1S/C19H26N4O2/c1-14-11-23(12-17(14)21(2)3)19(24)15-5-7-16(8-6-15)25-13-18-20-9-10-22(18)4/h5-10,14,17H,11-13H2,1-4H3/t14-,17-/m1/s1. The first-order valence-electron chi connectivity index (χ1n) is 8.60. The molecule has 0 aliphatic carbocycles. The number of hydrogen-bond acceptors (Lipinski definition) is 4. The Morgan fingerprint density at radius 1 is 1.28 bits per heavy atom. The van der Waals surface area contributed by atoms with Gasteiger partial charge in [-0.05, 0) is 44.3 Å². The van der Waals surface area contributed by atoms with Crippen molar-refractivity contribution in [1.29, 1.82) is 0 Å². The van der Waals surface area contributed by atoms with Crippen molar-refractivity contribution in [1.82, 2.24) is 19.4 Å². The van der Waals surface area contributed by atoms with E-state index in [-0.39, 0.29) is 5.91 Å². The third-order valence-electron chi connectivity index (χ3n) is 4.91. The average molecular weight is 342 g/mol. The molecular formula is C19H26N4O2. The van der Waals surface area contributed by atoms with E-state index >= 15 is 0 Å². The lowest BCUT2D eigenvalue weighted by molar-refractivity contribution is 0.0781. The predicted octanol–water partition coefficient (Wildman–Crippen LogP) is 2.02.